The molecule has 0 N–H and O–H groups in total. The maximum Gasteiger partial charge on any atom is 0.417 e. The van der Waals surface area contributed by atoms with Gasteiger partial charge in [-0.3, -0.25) is 4.79 Å². The molecule has 1 aromatic carbocycles. The number of hydrogen-bond donors (Lipinski definition) is 0. The van der Waals surface area contributed by atoms with Crippen molar-refractivity contribution < 1.29 is 22.4 Å². The lowest BCUT2D eigenvalue weighted by atomic mass is 10.0. The van der Waals surface area contributed by atoms with Gasteiger partial charge in [0.25, 0.3) is 0 Å². The zero-order chi connectivity index (χ0) is 13.1. The van der Waals surface area contributed by atoms with Gasteiger partial charge < -0.3 is 0 Å². The van der Waals surface area contributed by atoms with Gasteiger partial charge in [0, 0.05) is 17.7 Å². The van der Waals surface area contributed by atoms with Crippen LogP contribution in [0.15, 0.2) is 18.2 Å². The van der Waals surface area contributed by atoms with E-state index in [0.29, 0.717) is 11.8 Å². The molecule has 0 unspecified atom stereocenters. The zero-order valence-electron chi connectivity index (χ0n) is 8.97. The standard InChI is InChI=1S/C11H10F4OS/c1-17-5-4-10(16)8-3-2-7(12)6-9(8)11(13,14)15/h2-3,6H,4-5H2,1H3. The van der Waals surface area contributed by atoms with Crippen LogP contribution in [0.25, 0.3) is 0 Å². The molecular formula is C11H10F4OS. The van der Waals surface area contributed by atoms with Crippen molar-refractivity contribution in [2.24, 2.45) is 0 Å². The van der Waals surface area contributed by atoms with Crippen molar-refractivity contribution in [1.82, 2.24) is 0 Å². The van der Waals surface area contributed by atoms with E-state index in [1.165, 1.54) is 11.8 Å². The van der Waals surface area contributed by atoms with Gasteiger partial charge in [-0.25, -0.2) is 4.39 Å². The van der Waals surface area contributed by atoms with Crippen molar-refractivity contribution in [2.45, 2.75) is 12.6 Å². The number of Topliss-reactive ketones (excluding diaryl/α,β-unsaturated/α-hetero) is 1. The number of carbonyl (C=O) groups excluding carboxylic acids is 1. The smallest absolute Gasteiger partial charge is 0.294 e. The van der Waals surface area contributed by atoms with Crippen LogP contribution in [-0.4, -0.2) is 17.8 Å². The number of carbonyl (C=O) groups is 1. The quantitative estimate of drug-likeness (QED) is 0.609. The molecule has 0 heterocycles. The zero-order valence-corrected chi connectivity index (χ0v) is 9.79. The monoisotopic (exact) mass is 266 g/mol. The Morgan fingerprint density at radius 1 is 1.35 bits per heavy atom. The minimum absolute atomic E-state index is 0.00980. The average molecular weight is 266 g/mol. The fraction of sp³-hybridized carbons (Fsp3) is 0.364. The largest absolute Gasteiger partial charge is 0.417 e. The summed E-state index contributed by atoms with van der Waals surface area (Å²) in [6.07, 6.45) is -2.95. The number of thioether (sulfide) groups is 1. The Kier molecular flexibility index (Phi) is 4.56. The van der Waals surface area contributed by atoms with Gasteiger partial charge >= 0.3 is 6.18 Å². The summed E-state index contributed by atoms with van der Waals surface area (Å²) >= 11 is 1.36. The van der Waals surface area contributed by atoms with Crippen molar-refractivity contribution in [3.8, 4) is 0 Å². The van der Waals surface area contributed by atoms with Crippen molar-refractivity contribution >= 4 is 17.5 Å². The van der Waals surface area contributed by atoms with Gasteiger partial charge in [0.15, 0.2) is 5.78 Å². The summed E-state index contributed by atoms with van der Waals surface area (Å²) in [5.41, 5.74) is -1.67. The first-order valence-corrected chi connectivity index (χ1v) is 6.14. The van der Waals surface area contributed by atoms with E-state index in [1.807, 2.05) is 0 Å². The second-order valence-corrected chi connectivity index (χ2v) is 4.34. The van der Waals surface area contributed by atoms with E-state index in [-0.39, 0.29) is 6.42 Å². The number of hydrogen-bond acceptors (Lipinski definition) is 2. The normalized spacial score (nSPS) is 11.6. The SMILES string of the molecule is CSCCC(=O)c1ccc(F)cc1C(F)(F)F. The van der Waals surface area contributed by atoms with Gasteiger partial charge in [0.1, 0.15) is 5.82 Å². The topological polar surface area (TPSA) is 17.1 Å². The lowest BCUT2D eigenvalue weighted by molar-refractivity contribution is -0.138. The van der Waals surface area contributed by atoms with Gasteiger partial charge in [-0.15, -0.1) is 0 Å². The molecule has 0 saturated carbocycles. The highest BCUT2D eigenvalue weighted by Crippen LogP contribution is 2.33. The highest BCUT2D eigenvalue weighted by atomic mass is 32.2. The van der Waals surface area contributed by atoms with Gasteiger partial charge in [-0.05, 0) is 24.5 Å². The molecule has 0 aliphatic carbocycles. The van der Waals surface area contributed by atoms with Crippen molar-refractivity contribution in [1.29, 1.82) is 0 Å². The van der Waals surface area contributed by atoms with E-state index < -0.39 is 28.9 Å². The highest BCUT2D eigenvalue weighted by molar-refractivity contribution is 7.98. The van der Waals surface area contributed by atoms with Crippen LogP contribution in [0.3, 0.4) is 0 Å². The lowest BCUT2D eigenvalue weighted by Crippen LogP contribution is -2.14. The van der Waals surface area contributed by atoms with Crippen molar-refractivity contribution in [3.05, 3.63) is 35.1 Å². The van der Waals surface area contributed by atoms with Crippen LogP contribution >= 0.6 is 11.8 Å². The van der Waals surface area contributed by atoms with Crippen molar-refractivity contribution in [3.63, 3.8) is 0 Å². The molecule has 0 amide bonds. The molecule has 0 atom stereocenters. The fourth-order valence-electron chi connectivity index (χ4n) is 1.32. The highest BCUT2D eigenvalue weighted by Gasteiger charge is 2.35. The number of ketones is 1. The minimum Gasteiger partial charge on any atom is -0.294 e. The summed E-state index contributed by atoms with van der Waals surface area (Å²) < 4.78 is 50.5. The number of benzene rings is 1. The molecule has 0 spiro atoms. The molecule has 0 saturated heterocycles. The molecule has 1 aromatic rings. The predicted molar refractivity (Wildman–Crippen MR) is 58.7 cm³/mol. The molecule has 94 valence electrons. The van der Waals surface area contributed by atoms with Crippen LogP contribution < -0.4 is 0 Å². The number of rotatable bonds is 4. The van der Waals surface area contributed by atoms with Gasteiger partial charge in [0.05, 0.1) is 5.56 Å². The molecule has 1 nitrogen and oxygen atoms in total. The second-order valence-electron chi connectivity index (χ2n) is 3.35. The summed E-state index contributed by atoms with van der Waals surface area (Å²) in [6, 6.07) is 2.11. The van der Waals surface area contributed by atoms with Gasteiger partial charge in [0.2, 0.25) is 0 Å². The summed E-state index contributed by atoms with van der Waals surface area (Å²) in [7, 11) is 0. The van der Waals surface area contributed by atoms with Crippen LogP contribution in [-0.2, 0) is 6.18 Å². The Morgan fingerprint density at radius 2 is 2.00 bits per heavy atom. The molecule has 0 aliphatic heterocycles. The predicted octanol–water partition coefficient (Wildman–Crippen LogP) is 3.78. The average Bonchev–Trinajstić information content (AvgIpc) is 2.24. The fourth-order valence-corrected chi connectivity index (χ4v) is 1.71. The molecule has 6 heteroatoms. The third-order valence-corrected chi connectivity index (χ3v) is 2.73. The minimum atomic E-state index is -4.72. The van der Waals surface area contributed by atoms with Gasteiger partial charge in [-0.2, -0.15) is 24.9 Å². The van der Waals surface area contributed by atoms with E-state index in [4.69, 9.17) is 0 Å². The van der Waals surface area contributed by atoms with E-state index in [0.717, 1.165) is 12.1 Å². The second kappa shape index (κ2) is 5.53. The Balaban J connectivity index is 3.11. The first kappa shape index (κ1) is 14.0. The molecule has 0 aromatic heterocycles. The molecule has 1 rings (SSSR count). The summed E-state index contributed by atoms with van der Waals surface area (Å²) in [5.74, 6) is -1.18. The van der Waals surface area contributed by atoms with Gasteiger partial charge in [-0.1, -0.05) is 0 Å². The van der Waals surface area contributed by atoms with Crippen LogP contribution in [0.1, 0.15) is 22.3 Å². The molecule has 0 bridgehead atoms. The maximum atomic E-state index is 12.8. The van der Waals surface area contributed by atoms with E-state index in [9.17, 15) is 22.4 Å². The molecule has 0 radical (unpaired) electrons. The van der Waals surface area contributed by atoms with E-state index >= 15 is 0 Å². The summed E-state index contributed by atoms with van der Waals surface area (Å²) in [6.45, 7) is 0. The molecular weight excluding hydrogens is 256 g/mol. The Hall–Kier alpha value is -1.04. The molecule has 0 fully saturated rings. The Labute approximate surface area is 100 Å². The lowest BCUT2D eigenvalue weighted by Gasteiger charge is -2.11. The third kappa shape index (κ3) is 3.73. The van der Waals surface area contributed by atoms with Crippen LogP contribution in [0, 0.1) is 5.82 Å². The Morgan fingerprint density at radius 3 is 2.53 bits per heavy atom. The molecule has 17 heavy (non-hydrogen) atoms. The first-order chi connectivity index (χ1) is 7.86. The molecule has 0 aliphatic rings. The summed E-state index contributed by atoms with van der Waals surface area (Å²) in [5, 5.41) is 0. The van der Waals surface area contributed by atoms with E-state index in [2.05, 4.69) is 0 Å². The van der Waals surface area contributed by atoms with Crippen molar-refractivity contribution in [2.75, 3.05) is 12.0 Å². The summed E-state index contributed by atoms with van der Waals surface area (Å²) in [4.78, 5) is 11.5. The third-order valence-electron chi connectivity index (χ3n) is 2.12. The van der Waals surface area contributed by atoms with Crippen LogP contribution in [0.4, 0.5) is 17.6 Å². The van der Waals surface area contributed by atoms with E-state index in [1.54, 1.807) is 6.26 Å². The maximum absolute atomic E-state index is 12.8. The number of alkyl halides is 3. The number of halogens is 4. The van der Waals surface area contributed by atoms with Crippen LogP contribution in [0.2, 0.25) is 0 Å². The Bertz CT molecular complexity index is 414. The first-order valence-electron chi connectivity index (χ1n) is 4.75. The van der Waals surface area contributed by atoms with Crippen LogP contribution in [0.5, 0.6) is 0 Å².